The van der Waals surface area contributed by atoms with Gasteiger partial charge in [0.25, 0.3) is 0 Å². The summed E-state index contributed by atoms with van der Waals surface area (Å²) >= 11 is 0. The fraction of sp³-hybridized carbons (Fsp3) is 0.375. The Morgan fingerprint density at radius 1 is 1.33 bits per heavy atom. The summed E-state index contributed by atoms with van der Waals surface area (Å²) in [4.78, 5) is 18.6. The van der Waals surface area contributed by atoms with Gasteiger partial charge in [0.15, 0.2) is 12.0 Å². The van der Waals surface area contributed by atoms with Gasteiger partial charge in [0.05, 0.1) is 0 Å². The Labute approximate surface area is 83.7 Å². The zero-order chi connectivity index (χ0) is 11.6. The zero-order valence-electron chi connectivity index (χ0n) is 8.04. The van der Waals surface area contributed by atoms with Crippen LogP contribution in [-0.4, -0.2) is 30.3 Å². The second-order valence-electron chi connectivity index (χ2n) is 2.99. The summed E-state index contributed by atoms with van der Waals surface area (Å²) in [6.07, 6.45) is -4.32. The van der Waals surface area contributed by atoms with Gasteiger partial charge in [-0.15, -0.1) is 0 Å². The molecule has 0 bridgehead atoms. The molecule has 0 fully saturated rings. The van der Waals surface area contributed by atoms with E-state index >= 15 is 0 Å². The summed E-state index contributed by atoms with van der Waals surface area (Å²) in [5.74, 6) is -0.146. The molecule has 1 heterocycles. The maximum absolute atomic E-state index is 12.3. The van der Waals surface area contributed by atoms with E-state index in [-0.39, 0.29) is 17.9 Å². The molecule has 0 spiro atoms. The van der Waals surface area contributed by atoms with E-state index in [9.17, 15) is 18.0 Å². The van der Waals surface area contributed by atoms with Crippen molar-refractivity contribution in [3.8, 4) is 0 Å². The first-order chi connectivity index (χ1) is 6.84. The molecule has 0 aliphatic carbocycles. The van der Waals surface area contributed by atoms with Gasteiger partial charge in [0.1, 0.15) is 5.69 Å². The van der Waals surface area contributed by atoms with Gasteiger partial charge in [-0.3, -0.25) is 4.79 Å². The van der Waals surface area contributed by atoms with E-state index in [1.807, 2.05) is 0 Å². The molecule has 0 atom stereocenters. The number of hydrogen-bond acceptors (Lipinski definition) is 4. The van der Waals surface area contributed by atoms with Gasteiger partial charge in [-0.05, 0) is 6.07 Å². The van der Waals surface area contributed by atoms with Gasteiger partial charge >= 0.3 is 6.18 Å². The van der Waals surface area contributed by atoms with Crippen molar-refractivity contribution >= 4 is 12.2 Å². The van der Waals surface area contributed by atoms with Crippen molar-refractivity contribution in [3.05, 3.63) is 17.5 Å². The van der Waals surface area contributed by atoms with Crippen molar-refractivity contribution in [2.45, 2.75) is 6.18 Å². The average Bonchev–Trinajstić information content (AvgIpc) is 2.15. The highest BCUT2D eigenvalue weighted by molar-refractivity contribution is 5.72. The SMILES string of the molecule is CN(C)c1nc(C=O)cc(C(F)(F)F)n1. The fourth-order valence-electron chi connectivity index (χ4n) is 0.858. The largest absolute Gasteiger partial charge is 0.433 e. The summed E-state index contributed by atoms with van der Waals surface area (Å²) < 4.78 is 37.0. The van der Waals surface area contributed by atoms with Gasteiger partial charge in [-0.1, -0.05) is 0 Å². The second-order valence-corrected chi connectivity index (χ2v) is 2.99. The van der Waals surface area contributed by atoms with Crippen LogP contribution in [0.25, 0.3) is 0 Å². The molecule has 15 heavy (non-hydrogen) atoms. The summed E-state index contributed by atoms with van der Waals surface area (Å²) in [6.45, 7) is 0. The number of halogens is 3. The number of alkyl halides is 3. The maximum Gasteiger partial charge on any atom is 0.433 e. The Morgan fingerprint density at radius 3 is 2.33 bits per heavy atom. The molecule has 1 aromatic heterocycles. The lowest BCUT2D eigenvalue weighted by atomic mass is 10.3. The van der Waals surface area contributed by atoms with Crippen LogP contribution in [0.15, 0.2) is 6.07 Å². The predicted octanol–water partition coefficient (Wildman–Crippen LogP) is 1.37. The van der Waals surface area contributed by atoms with Gasteiger partial charge in [-0.25, -0.2) is 9.97 Å². The first-order valence-electron chi connectivity index (χ1n) is 3.93. The molecule has 0 aromatic carbocycles. The lowest BCUT2D eigenvalue weighted by molar-refractivity contribution is -0.141. The Balaban J connectivity index is 3.29. The number of nitrogens with zero attached hydrogens (tertiary/aromatic N) is 3. The lowest BCUT2D eigenvalue weighted by Crippen LogP contribution is -2.18. The van der Waals surface area contributed by atoms with Crippen molar-refractivity contribution < 1.29 is 18.0 Å². The lowest BCUT2D eigenvalue weighted by Gasteiger charge is -2.13. The molecular formula is C8H8F3N3O. The van der Waals surface area contributed by atoms with Crippen molar-refractivity contribution in [2.24, 2.45) is 0 Å². The molecule has 0 saturated heterocycles. The van der Waals surface area contributed by atoms with E-state index in [2.05, 4.69) is 9.97 Å². The van der Waals surface area contributed by atoms with Crippen molar-refractivity contribution in [3.63, 3.8) is 0 Å². The molecule has 0 amide bonds. The molecule has 82 valence electrons. The minimum atomic E-state index is -4.58. The van der Waals surface area contributed by atoms with E-state index in [0.29, 0.717) is 6.07 Å². The van der Waals surface area contributed by atoms with Gasteiger partial charge in [-0.2, -0.15) is 13.2 Å². The van der Waals surface area contributed by atoms with E-state index in [0.717, 1.165) is 0 Å². The normalized spacial score (nSPS) is 11.3. The first kappa shape index (κ1) is 11.4. The number of rotatable bonds is 2. The Kier molecular flexibility index (Phi) is 2.92. The molecule has 4 nitrogen and oxygen atoms in total. The van der Waals surface area contributed by atoms with Gasteiger partial charge in [0.2, 0.25) is 5.95 Å². The molecule has 0 aliphatic rings. The second kappa shape index (κ2) is 3.84. The highest BCUT2D eigenvalue weighted by atomic mass is 19.4. The smallest absolute Gasteiger partial charge is 0.347 e. The summed E-state index contributed by atoms with van der Waals surface area (Å²) in [5.41, 5.74) is -1.41. The molecule has 7 heteroatoms. The molecule has 0 radical (unpaired) electrons. The Hall–Kier alpha value is -1.66. The van der Waals surface area contributed by atoms with Crippen LogP contribution in [0.4, 0.5) is 19.1 Å². The van der Waals surface area contributed by atoms with Crippen molar-refractivity contribution in [2.75, 3.05) is 19.0 Å². The summed E-state index contributed by atoms with van der Waals surface area (Å²) in [5, 5.41) is 0. The van der Waals surface area contributed by atoms with Gasteiger partial charge < -0.3 is 4.90 Å². The quantitative estimate of drug-likeness (QED) is 0.705. The fourth-order valence-corrected chi connectivity index (χ4v) is 0.858. The summed E-state index contributed by atoms with van der Waals surface area (Å²) in [6, 6.07) is 0.611. The molecule has 0 unspecified atom stereocenters. The molecular weight excluding hydrogens is 211 g/mol. The third-order valence-corrected chi connectivity index (χ3v) is 1.55. The van der Waals surface area contributed by atoms with Crippen LogP contribution in [0.3, 0.4) is 0 Å². The van der Waals surface area contributed by atoms with Crippen molar-refractivity contribution in [1.82, 2.24) is 9.97 Å². The number of carbonyl (C=O) groups excluding carboxylic acids is 1. The van der Waals surface area contributed by atoms with E-state index in [4.69, 9.17) is 0 Å². The molecule has 0 saturated carbocycles. The van der Waals surface area contributed by atoms with Crippen LogP contribution in [0.1, 0.15) is 16.2 Å². The Morgan fingerprint density at radius 2 is 1.93 bits per heavy atom. The molecule has 0 aliphatic heterocycles. The van der Waals surface area contributed by atoms with E-state index in [1.165, 1.54) is 19.0 Å². The molecule has 1 rings (SSSR count). The van der Waals surface area contributed by atoms with E-state index in [1.54, 1.807) is 0 Å². The summed E-state index contributed by atoms with van der Waals surface area (Å²) in [7, 11) is 2.98. The van der Waals surface area contributed by atoms with Gasteiger partial charge in [0, 0.05) is 14.1 Å². The highest BCUT2D eigenvalue weighted by Gasteiger charge is 2.33. The number of anilines is 1. The topological polar surface area (TPSA) is 46.1 Å². The molecule has 1 aromatic rings. The number of carbonyl (C=O) groups is 1. The number of aromatic nitrogens is 2. The number of hydrogen-bond donors (Lipinski definition) is 0. The van der Waals surface area contributed by atoms with Crippen molar-refractivity contribution in [1.29, 1.82) is 0 Å². The number of aldehydes is 1. The van der Waals surface area contributed by atoms with Crippen LogP contribution in [-0.2, 0) is 6.18 Å². The average molecular weight is 219 g/mol. The van der Waals surface area contributed by atoms with Crippen LogP contribution in [0, 0.1) is 0 Å². The zero-order valence-corrected chi connectivity index (χ0v) is 8.04. The highest BCUT2D eigenvalue weighted by Crippen LogP contribution is 2.28. The molecule has 0 N–H and O–H groups in total. The first-order valence-corrected chi connectivity index (χ1v) is 3.93. The third-order valence-electron chi connectivity index (χ3n) is 1.55. The van der Waals surface area contributed by atoms with Crippen LogP contribution in [0.2, 0.25) is 0 Å². The predicted molar refractivity (Wildman–Crippen MR) is 46.7 cm³/mol. The Bertz CT molecular complexity index is 376. The monoisotopic (exact) mass is 219 g/mol. The third kappa shape index (κ3) is 2.64. The van der Waals surface area contributed by atoms with Crippen LogP contribution >= 0.6 is 0 Å². The minimum Gasteiger partial charge on any atom is -0.347 e. The van der Waals surface area contributed by atoms with Crippen LogP contribution in [0.5, 0.6) is 0 Å². The maximum atomic E-state index is 12.3. The van der Waals surface area contributed by atoms with E-state index < -0.39 is 11.9 Å². The standard InChI is InChI=1S/C8H8F3N3O/c1-14(2)7-12-5(4-15)3-6(13-7)8(9,10)11/h3-4H,1-2H3. The van der Waals surface area contributed by atoms with Crippen LogP contribution < -0.4 is 4.90 Å². The minimum absolute atomic E-state index is 0.146.